The number of esters is 1. The molecule has 2 aromatic carbocycles. The van der Waals surface area contributed by atoms with Crippen molar-refractivity contribution in [1.82, 2.24) is 4.72 Å². The van der Waals surface area contributed by atoms with Crippen LogP contribution < -0.4 is 10.2 Å². The first kappa shape index (κ1) is 25.1. The van der Waals surface area contributed by atoms with Crippen LogP contribution in [0.2, 0.25) is 0 Å². The molecule has 0 amide bonds. The Morgan fingerprint density at radius 2 is 1.65 bits per heavy atom. The van der Waals surface area contributed by atoms with Crippen LogP contribution >= 0.6 is 11.3 Å². The van der Waals surface area contributed by atoms with Crippen LogP contribution in [0, 0.1) is 5.92 Å². The molecule has 182 valence electrons. The van der Waals surface area contributed by atoms with Gasteiger partial charge in [0.1, 0.15) is 6.04 Å². The summed E-state index contributed by atoms with van der Waals surface area (Å²) in [6.45, 7) is 11.6. The van der Waals surface area contributed by atoms with Gasteiger partial charge in [0.25, 0.3) is 0 Å². The lowest BCUT2D eigenvalue weighted by Gasteiger charge is -2.32. The number of hydrogen-bond donors (Lipinski definition) is 1. The molecule has 1 aliphatic heterocycles. The number of thiophene rings is 1. The molecule has 0 bridgehead atoms. The molecule has 4 rings (SSSR count). The SMILES string of the molecule is COC(=O)[C@H](NS(=O)(=O)c1ccc2sc3cc(B4OC(C)(C)C(C)(C)O4)ccc3c2c1)C(C)C. The zero-order valence-corrected chi connectivity index (χ0v) is 22.1. The number of methoxy groups -OCH3 is 1. The van der Waals surface area contributed by atoms with Gasteiger partial charge in [0.05, 0.1) is 23.2 Å². The molecule has 0 radical (unpaired) electrons. The highest BCUT2D eigenvalue weighted by molar-refractivity contribution is 7.89. The van der Waals surface area contributed by atoms with Gasteiger partial charge in [-0.2, -0.15) is 4.72 Å². The molecule has 2 heterocycles. The van der Waals surface area contributed by atoms with Gasteiger partial charge in [0, 0.05) is 20.2 Å². The van der Waals surface area contributed by atoms with Crippen LogP contribution in [0.3, 0.4) is 0 Å². The van der Waals surface area contributed by atoms with E-state index < -0.39 is 40.4 Å². The third kappa shape index (κ3) is 4.38. The number of benzene rings is 2. The van der Waals surface area contributed by atoms with Crippen molar-refractivity contribution in [3.63, 3.8) is 0 Å². The molecule has 10 heteroatoms. The number of carbonyl (C=O) groups excluding carboxylic acids is 1. The quantitative estimate of drug-likeness (QED) is 0.406. The number of rotatable bonds is 6. The summed E-state index contributed by atoms with van der Waals surface area (Å²) in [6.07, 6.45) is 0. The second kappa shape index (κ2) is 8.60. The van der Waals surface area contributed by atoms with Crippen LogP contribution in [-0.2, 0) is 28.9 Å². The van der Waals surface area contributed by atoms with E-state index in [4.69, 9.17) is 14.0 Å². The molecule has 1 atom stereocenters. The lowest BCUT2D eigenvalue weighted by atomic mass is 9.79. The molecule has 1 saturated heterocycles. The van der Waals surface area contributed by atoms with E-state index in [0.717, 1.165) is 25.6 Å². The van der Waals surface area contributed by atoms with E-state index in [1.807, 2.05) is 45.9 Å². The van der Waals surface area contributed by atoms with Gasteiger partial charge in [-0.15, -0.1) is 11.3 Å². The van der Waals surface area contributed by atoms with Crippen molar-refractivity contribution in [2.75, 3.05) is 7.11 Å². The summed E-state index contributed by atoms with van der Waals surface area (Å²) in [7, 11) is -3.15. The summed E-state index contributed by atoms with van der Waals surface area (Å²) in [5.74, 6) is -0.878. The lowest BCUT2D eigenvalue weighted by molar-refractivity contribution is -0.143. The van der Waals surface area contributed by atoms with Crippen LogP contribution in [-0.4, -0.2) is 45.9 Å². The molecule has 0 aliphatic carbocycles. The van der Waals surface area contributed by atoms with Crippen molar-refractivity contribution in [1.29, 1.82) is 0 Å². The number of carbonyl (C=O) groups is 1. The Morgan fingerprint density at radius 1 is 1.00 bits per heavy atom. The first-order valence-electron chi connectivity index (χ1n) is 11.2. The third-order valence-corrected chi connectivity index (χ3v) is 9.28. The highest BCUT2D eigenvalue weighted by Gasteiger charge is 2.51. The number of sulfonamides is 1. The van der Waals surface area contributed by atoms with Gasteiger partial charge in [-0.05, 0) is 63.3 Å². The number of ether oxygens (including phenoxy) is 1. The van der Waals surface area contributed by atoms with Crippen molar-refractivity contribution in [3.8, 4) is 0 Å². The van der Waals surface area contributed by atoms with E-state index in [1.54, 1.807) is 43.4 Å². The fourth-order valence-electron chi connectivity index (χ4n) is 3.88. The van der Waals surface area contributed by atoms with Gasteiger partial charge in [-0.1, -0.05) is 26.0 Å². The van der Waals surface area contributed by atoms with Crippen LogP contribution in [0.25, 0.3) is 20.2 Å². The summed E-state index contributed by atoms with van der Waals surface area (Å²) in [5, 5.41) is 1.79. The Hall–Kier alpha value is -1.98. The third-order valence-electron chi connectivity index (χ3n) is 6.71. The predicted molar refractivity (Wildman–Crippen MR) is 136 cm³/mol. The summed E-state index contributed by atoms with van der Waals surface area (Å²) >= 11 is 1.58. The Balaban J connectivity index is 1.69. The smallest absolute Gasteiger partial charge is 0.468 e. The zero-order valence-electron chi connectivity index (χ0n) is 20.5. The van der Waals surface area contributed by atoms with Gasteiger partial charge < -0.3 is 14.0 Å². The van der Waals surface area contributed by atoms with Gasteiger partial charge >= 0.3 is 13.1 Å². The van der Waals surface area contributed by atoms with Gasteiger partial charge in [-0.3, -0.25) is 4.79 Å². The van der Waals surface area contributed by atoms with E-state index in [-0.39, 0.29) is 10.8 Å². The average molecular weight is 503 g/mol. The van der Waals surface area contributed by atoms with Crippen molar-refractivity contribution < 1.29 is 27.3 Å². The second-order valence-electron chi connectivity index (χ2n) is 9.97. The first-order chi connectivity index (χ1) is 15.8. The average Bonchev–Trinajstić information content (AvgIpc) is 3.23. The Bertz CT molecular complexity index is 1350. The van der Waals surface area contributed by atoms with Gasteiger partial charge in [0.15, 0.2) is 0 Å². The van der Waals surface area contributed by atoms with Crippen LogP contribution in [0.1, 0.15) is 41.5 Å². The molecule has 34 heavy (non-hydrogen) atoms. The largest absolute Gasteiger partial charge is 0.494 e. The normalized spacial score (nSPS) is 18.6. The Kier molecular flexibility index (Phi) is 6.36. The molecule has 0 saturated carbocycles. The number of hydrogen-bond acceptors (Lipinski definition) is 7. The minimum Gasteiger partial charge on any atom is -0.468 e. The fraction of sp³-hybridized carbons (Fsp3) is 0.458. The van der Waals surface area contributed by atoms with E-state index in [2.05, 4.69) is 4.72 Å². The molecular formula is C24H30BNO6S2. The van der Waals surface area contributed by atoms with Crippen molar-refractivity contribution in [2.24, 2.45) is 5.92 Å². The van der Waals surface area contributed by atoms with Crippen molar-refractivity contribution in [3.05, 3.63) is 36.4 Å². The van der Waals surface area contributed by atoms with E-state index in [1.165, 1.54) is 7.11 Å². The minimum atomic E-state index is -3.93. The molecule has 0 spiro atoms. The van der Waals surface area contributed by atoms with Crippen LogP contribution in [0.4, 0.5) is 0 Å². The zero-order chi connectivity index (χ0) is 25.1. The van der Waals surface area contributed by atoms with E-state index >= 15 is 0 Å². The summed E-state index contributed by atoms with van der Waals surface area (Å²) in [5.41, 5.74) is 0.0624. The van der Waals surface area contributed by atoms with Crippen LogP contribution in [0.15, 0.2) is 41.3 Å². The van der Waals surface area contributed by atoms with E-state index in [9.17, 15) is 13.2 Å². The topological polar surface area (TPSA) is 90.9 Å². The summed E-state index contributed by atoms with van der Waals surface area (Å²) in [6, 6.07) is 10.0. The van der Waals surface area contributed by atoms with Crippen molar-refractivity contribution >= 4 is 60.1 Å². The second-order valence-corrected chi connectivity index (χ2v) is 12.8. The highest BCUT2D eigenvalue weighted by atomic mass is 32.2. The maximum atomic E-state index is 13.1. The molecule has 1 N–H and O–H groups in total. The van der Waals surface area contributed by atoms with Gasteiger partial charge in [-0.25, -0.2) is 8.42 Å². The maximum absolute atomic E-state index is 13.1. The van der Waals surface area contributed by atoms with Gasteiger partial charge in [0.2, 0.25) is 10.0 Å². The van der Waals surface area contributed by atoms with E-state index in [0.29, 0.717) is 0 Å². The standard InChI is InChI=1S/C24H30BNO6S2/c1-14(2)21(22(27)30-7)26-34(28,29)16-9-11-19-18(13-16)17-10-8-15(12-20(17)33-19)25-31-23(3,4)24(5,6)32-25/h8-14,21,26H,1-7H3/t21-/m1/s1. The molecule has 7 nitrogen and oxygen atoms in total. The lowest BCUT2D eigenvalue weighted by Crippen LogP contribution is -2.44. The van der Waals surface area contributed by atoms with Crippen LogP contribution in [0.5, 0.6) is 0 Å². The maximum Gasteiger partial charge on any atom is 0.494 e. The molecule has 1 fully saturated rings. The first-order valence-corrected chi connectivity index (χ1v) is 13.5. The van der Waals surface area contributed by atoms with Crippen molar-refractivity contribution in [2.45, 2.75) is 63.7 Å². The number of fused-ring (bicyclic) bond motifs is 3. The summed E-state index contributed by atoms with van der Waals surface area (Å²) in [4.78, 5) is 12.2. The summed E-state index contributed by atoms with van der Waals surface area (Å²) < 4.78 is 47.7. The molecule has 1 aliphatic rings. The monoisotopic (exact) mass is 503 g/mol. The minimum absolute atomic E-state index is 0.101. The number of nitrogens with one attached hydrogen (secondary N) is 1. The predicted octanol–water partition coefficient (Wildman–Crippen LogP) is 3.83. The highest BCUT2D eigenvalue weighted by Crippen LogP contribution is 2.38. The fourth-order valence-corrected chi connectivity index (χ4v) is 6.38. The molecule has 0 unspecified atom stereocenters. The molecular weight excluding hydrogens is 473 g/mol. The Labute approximate surface area is 205 Å². The molecule has 1 aromatic heterocycles. The Morgan fingerprint density at radius 3 is 2.24 bits per heavy atom. The molecule has 3 aromatic rings.